The summed E-state index contributed by atoms with van der Waals surface area (Å²) in [5.74, 6) is 0.627. The number of likely N-dealkylation sites (tertiary alicyclic amines) is 1. The third kappa shape index (κ3) is 3.05. The number of ether oxygens (including phenoxy) is 1. The zero-order chi connectivity index (χ0) is 17.4. The van der Waals surface area contributed by atoms with Crippen molar-refractivity contribution < 1.29 is 14.3 Å². The van der Waals surface area contributed by atoms with Crippen molar-refractivity contribution in [2.45, 2.75) is 43.6 Å². The Balaban J connectivity index is 1.45. The molecule has 3 aliphatic heterocycles. The van der Waals surface area contributed by atoms with Crippen LogP contribution < -0.4 is 5.32 Å². The van der Waals surface area contributed by atoms with Gasteiger partial charge in [0.05, 0.1) is 11.7 Å². The van der Waals surface area contributed by atoms with E-state index in [-0.39, 0.29) is 29.2 Å². The van der Waals surface area contributed by atoms with Crippen molar-refractivity contribution >= 4 is 11.8 Å². The fourth-order valence-electron chi connectivity index (χ4n) is 4.66. The molecule has 4 rings (SSSR count). The molecule has 0 aliphatic carbocycles. The fourth-order valence-corrected chi connectivity index (χ4v) is 4.66. The van der Waals surface area contributed by atoms with E-state index >= 15 is 0 Å². The third-order valence-corrected chi connectivity index (χ3v) is 6.11. The Morgan fingerprint density at radius 2 is 2.04 bits per heavy atom. The van der Waals surface area contributed by atoms with Crippen molar-refractivity contribution in [3.63, 3.8) is 0 Å². The lowest BCUT2D eigenvalue weighted by atomic mass is 9.75. The highest BCUT2D eigenvalue weighted by Crippen LogP contribution is 2.43. The Morgan fingerprint density at radius 3 is 2.68 bits per heavy atom. The molecule has 0 radical (unpaired) electrons. The standard InChI is InChI=1S/C18H26N4O3/c1-21-12-14(11-19-21)15-10-16(23)20-18(15)4-6-22(7-5-18)17(24)13-2-8-25-9-3-13/h11-13,15H,2-10H2,1H3,(H,20,23). The summed E-state index contributed by atoms with van der Waals surface area (Å²) >= 11 is 0. The molecular formula is C18H26N4O3. The maximum absolute atomic E-state index is 12.7. The van der Waals surface area contributed by atoms with Crippen LogP contribution in [-0.2, 0) is 21.4 Å². The summed E-state index contributed by atoms with van der Waals surface area (Å²) in [6.45, 7) is 2.81. The van der Waals surface area contributed by atoms with Crippen molar-refractivity contribution in [1.29, 1.82) is 0 Å². The van der Waals surface area contributed by atoms with E-state index in [9.17, 15) is 9.59 Å². The summed E-state index contributed by atoms with van der Waals surface area (Å²) in [6, 6.07) is 0. The van der Waals surface area contributed by atoms with E-state index in [4.69, 9.17) is 4.74 Å². The highest BCUT2D eigenvalue weighted by atomic mass is 16.5. The second kappa shape index (κ2) is 6.44. The summed E-state index contributed by atoms with van der Waals surface area (Å²) in [7, 11) is 1.90. The summed E-state index contributed by atoms with van der Waals surface area (Å²) in [5.41, 5.74) is 0.886. The van der Waals surface area contributed by atoms with Crippen LogP contribution >= 0.6 is 0 Å². The zero-order valence-electron chi connectivity index (χ0n) is 14.7. The van der Waals surface area contributed by atoms with Gasteiger partial charge in [0.25, 0.3) is 0 Å². The molecule has 1 atom stereocenters. The normalized spacial score (nSPS) is 26.8. The molecule has 1 N–H and O–H groups in total. The first-order valence-corrected chi connectivity index (χ1v) is 9.23. The first-order chi connectivity index (χ1) is 12.1. The van der Waals surface area contributed by atoms with Gasteiger partial charge in [-0.25, -0.2) is 0 Å². The number of aromatic nitrogens is 2. The minimum absolute atomic E-state index is 0.107. The van der Waals surface area contributed by atoms with E-state index in [1.165, 1.54) is 0 Å². The first kappa shape index (κ1) is 16.6. The minimum atomic E-state index is -0.230. The molecule has 1 unspecified atom stereocenters. The van der Waals surface area contributed by atoms with Gasteiger partial charge in [0.1, 0.15) is 0 Å². The van der Waals surface area contributed by atoms with Crippen LogP contribution in [0.2, 0.25) is 0 Å². The van der Waals surface area contributed by atoms with Crippen LogP contribution in [0.15, 0.2) is 12.4 Å². The molecule has 4 heterocycles. The maximum Gasteiger partial charge on any atom is 0.225 e. The molecule has 1 spiro atoms. The number of hydrogen-bond acceptors (Lipinski definition) is 4. The topological polar surface area (TPSA) is 76.5 Å². The lowest BCUT2D eigenvalue weighted by Gasteiger charge is -2.43. The van der Waals surface area contributed by atoms with Crippen LogP contribution in [0.25, 0.3) is 0 Å². The van der Waals surface area contributed by atoms with Crippen LogP contribution in [0.3, 0.4) is 0 Å². The smallest absolute Gasteiger partial charge is 0.225 e. The van der Waals surface area contributed by atoms with Crippen LogP contribution in [0.4, 0.5) is 0 Å². The number of amides is 2. The van der Waals surface area contributed by atoms with Gasteiger partial charge in [-0.3, -0.25) is 14.3 Å². The van der Waals surface area contributed by atoms with Crippen molar-refractivity contribution in [3.8, 4) is 0 Å². The lowest BCUT2D eigenvalue weighted by molar-refractivity contribution is -0.140. The number of carbonyl (C=O) groups is 2. The van der Waals surface area contributed by atoms with Crippen molar-refractivity contribution in [2.24, 2.45) is 13.0 Å². The van der Waals surface area contributed by atoms with Gasteiger partial charge in [-0.05, 0) is 31.2 Å². The molecule has 0 aromatic carbocycles. The van der Waals surface area contributed by atoms with Crippen molar-refractivity contribution in [1.82, 2.24) is 20.0 Å². The minimum Gasteiger partial charge on any atom is -0.381 e. The molecule has 3 saturated heterocycles. The van der Waals surface area contributed by atoms with Gasteiger partial charge in [-0.15, -0.1) is 0 Å². The maximum atomic E-state index is 12.7. The third-order valence-electron chi connectivity index (χ3n) is 6.11. The van der Waals surface area contributed by atoms with E-state index in [1.807, 2.05) is 24.3 Å². The van der Waals surface area contributed by atoms with Crippen LogP contribution in [0, 0.1) is 5.92 Å². The number of nitrogens with one attached hydrogen (secondary N) is 1. The molecule has 3 aliphatic rings. The number of rotatable bonds is 2. The van der Waals surface area contributed by atoms with E-state index < -0.39 is 0 Å². The van der Waals surface area contributed by atoms with Crippen LogP contribution in [-0.4, -0.2) is 58.3 Å². The molecule has 7 nitrogen and oxygen atoms in total. The Hall–Kier alpha value is -1.89. The Bertz CT molecular complexity index is 657. The van der Waals surface area contributed by atoms with Crippen LogP contribution in [0.1, 0.15) is 43.6 Å². The molecule has 1 aromatic rings. The SMILES string of the molecule is Cn1cc(C2CC(=O)NC23CCN(C(=O)C2CCOCC2)CC3)cn1. The summed E-state index contributed by atoms with van der Waals surface area (Å²) in [5, 5.41) is 7.50. The Kier molecular flexibility index (Phi) is 4.27. The first-order valence-electron chi connectivity index (χ1n) is 9.23. The van der Waals surface area contributed by atoms with Gasteiger partial charge >= 0.3 is 0 Å². The predicted octanol–water partition coefficient (Wildman–Crippen LogP) is 0.811. The van der Waals surface area contributed by atoms with E-state index in [2.05, 4.69) is 10.4 Å². The molecule has 25 heavy (non-hydrogen) atoms. The summed E-state index contributed by atoms with van der Waals surface area (Å²) in [4.78, 5) is 26.9. The lowest BCUT2D eigenvalue weighted by Crippen LogP contribution is -2.55. The zero-order valence-corrected chi connectivity index (χ0v) is 14.7. The second-order valence-electron chi connectivity index (χ2n) is 7.62. The van der Waals surface area contributed by atoms with E-state index in [0.717, 1.165) is 31.2 Å². The van der Waals surface area contributed by atoms with E-state index in [0.29, 0.717) is 32.7 Å². The van der Waals surface area contributed by atoms with Gasteiger partial charge < -0.3 is 15.0 Å². The van der Waals surface area contributed by atoms with Gasteiger partial charge in [0.2, 0.25) is 11.8 Å². The Labute approximate surface area is 147 Å². The highest BCUT2D eigenvalue weighted by Gasteiger charge is 2.49. The molecule has 1 aromatic heterocycles. The quantitative estimate of drug-likeness (QED) is 0.860. The number of nitrogens with zero attached hydrogens (tertiary/aromatic N) is 3. The molecule has 7 heteroatoms. The molecule has 2 amide bonds. The number of hydrogen-bond donors (Lipinski definition) is 1. The predicted molar refractivity (Wildman–Crippen MR) is 90.8 cm³/mol. The van der Waals surface area contributed by atoms with Gasteiger partial charge in [-0.2, -0.15) is 5.10 Å². The monoisotopic (exact) mass is 346 g/mol. The molecule has 136 valence electrons. The number of carbonyl (C=O) groups excluding carboxylic acids is 2. The molecule has 0 saturated carbocycles. The van der Waals surface area contributed by atoms with Crippen molar-refractivity contribution in [3.05, 3.63) is 18.0 Å². The van der Waals surface area contributed by atoms with Crippen molar-refractivity contribution in [2.75, 3.05) is 26.3 Å². The van der Waals surface area contributed by atoms with Gasteiger partial charge in [-0.1, -0.05) is 0 Å². The molecule has 3 fully saturated rings. The highest BCUT2D eigenvalue weighted by molar-refractivity contribution is 5.82. The number of aryl methyl sites for hydroxylation is 1. The van der Waals surface area contributed by atoms with Gasteiger partial charge in [0, 0.05) is 57.8 Å². The Morgan fingerprint density at radius 1 is 1.32 bits per heavy atom. The number of piperidine rings is 1. The largest absolute Gasteiger partial charge is 0.381 e. The average Bonchev–Trinajstić information content (AvgIpc) is 3.19. The molecular weight excluding hydrogens is 320 g/mol. The molecule has 0 bridgehead atoms. The second-order valence-corrected chi connectivity index (χ2v) is 7.62. The fraction of sp³-hybridized carbons (Fsp3) is 0.722. The average molecular weight is 346 g/mol. The van der Waals surface area contributed by atoms with Crippen LogP contribution in [0.5, 0.6) is 0 Å². The summed E-state index contributed by atoms with van der Waals surface area (Å²) < 4.78 is 7.15. The van der Waals surface area contributed by atoms with E-state index in [1.54, 1.807) is 4.68 Å². The van der Waals surface area contributed by atoms with Gasteiger partial charge in [0.15, 0.2) is 0 Å². The summed E-state index contributed by atoms with van der Waals surface area (Å²) in [6.07, 6.45) is 7.67.